The predicted molar refractivity (Wildman–Crippen MR) is 103 cm³/mol. The van der Waals surface area contributed by atoms with Crippen LogP contribution < -0.4 is 10.2 Å². The van der Waals surface area contributed by atoms with Crippen molar-refractivity contribution in [2.75, 3.05) is 20.2 Å². The van der Waals surface area contributed by atoms with Gasteiger partial charge in [0.2, 0.25) is 10.0 Å². The minimum Gasteiger partial charge on any atom is -0.495 e. The largest absolute Gasteiger partial charge is 0.495 e. The molecular formula is C19H29N3O4S. The van der Waals surface area contributed by atoms with Gasteiger partial charge in [0.1, 0.15) is 10.6 Å². The van der Waals surface area contributed by atoms with E-state index in [-0.39, 0.29) is 28.6 Å². The van der Waals surface area contributed by atoms with Gasteiger partial charge in [0, 0.05) is 30.7 Å². The zero-order valence-corrected chi connectivity index (χ0v) is 17.1. The van der Waals surface area contributed by atoms with E-state index < -0.39 is 10.0 Å². The number of sulfonamides is 1. The Hall–Kier alpha value is -1.64. The van der Waals surface area contributed by atoms with E-state index in [9.17, 15) is 13.2 Å². The second-order valence-electron chi connectivity index (χ2n) is 7.45. The lowest BCUT2D eigenvalue weighted by Gasteiger charge is -2.38. The number of carbonyl (C=O) groups excluding carboxylic acids is 1. The molecule has 0 aromatic heterocycles. The highest BCUT2D eigenvalue weighted by Gasteiger charge is 2.31. The average Bonchev–Trinajstić information content (AvgIpc) is 3.20. The van der Waals surface area contributed by atoms with E-state index in [1.165, 1.54) is 17.5 Å². The topological polar surface area (TPSA) is 79.0 Å². The molecule has 1 aromatic rings. The average molecular weight is 396 g/mol. The fourth-order valence-electron chi connectivity index (χ4n) is 3.91. The van der Waals surface area contributed by atoms with Gasteiger partial charge < -0.3 is 4.74 Å². The molecule has 7 nitrogen and oxygen atoms in total. The van der Waals surface area contributed by atoms with Crippen LogP contribution in [0.4, 0.5) is 0 Å². The van der Waals surface area contributed by atoms with E-state index in [0.29, 0.717) is 18.7 Å². The molecule has 2 fully saturated rings. The highest BCUT2D eigenvalue weighted by atomic mass is 32.2. The van der Waals surface area contributed by atoms with Gasteiger partial charge in [-0.15, -0.1) is 0 Å². The Bertz CT molecular complexity index is 780. The molecular weight excluding hydrogens is 366 g/mol. The molecule has 0 bridgehead atoms. The molecule has 2 aliphatic heterocycles. The quantitative estimate of drug-likeness (QED) is 0.828. The van der Waals surface area contributed by atoms with Gasteiger partial charge in [-0.1, -0.05) is 6.42 Å². The Labute approximate surface area is 161 Å². The summed E-state index contributed by atoms with van der Waals surface area (Å²) in [7, 11) is -2.24. The van der Waals surface area contributed by atoms with Crippen LogP contribution in [0.15, 0.2) is 23.1 Å². The van der Waals surface area contributed by atoms with Crippen LogP contribution in [0.25, 0.3) is 0 Å². The van der Waals surface area contributed by atoms with Crippen LogP contribution in [0.5, 0.6) is 5.75 Å². The molecule has 0 unspecified atom stereocenters. The zero-order chi connectivity index (χ0) is 19.6. The first-order valence-electron chi connectivity index (χ1n) is 9.62. The zero-order valence-electron chi connectivity index (χ0n) is 16.3. The maximum absolute atomic E-state index is 13.0. The predicted octanol–water partition coefficient (Wildman–Crippen LogP) is 2.39. The number of rotatable bonds is 5. The summed E-state index contributed by atoms with van der Waals surface area (Å²) in [6.45, 7) is 5.19. The van der Waals surface area contributed by atoms with Crippen LogP contribution in [-0.2, 0) is 10.0 Å². The number of carbonyl (C=O) groups is 1. The summed E-state index contributed by atoms with van der Waals surface area (Å²) in [6.07, 6.45) is 4.91. The fourth-order valence-corrected chi connectivity index (χ4v) is 5.61. The Morgan fingerprint density at radius 3 is 2.33 bits per heavy atom. The van der Waals surface area contributed by atoms with Crippen molar-refractivity contribution in [3.63, 3.8) is 0 Å². The van der Waals surface area contributed by atoms with E-state index in [0.717, 1.165) is 32.1 Å². The van der Waals surface area contributed by atoms with Crippen molar-refractivity contribution in [3.8, 4) is 5.75 Å². The third kappa shape index (κ3) is 4.12. The van der Waals surface area contributed by atoms with Crippen molar-refractivity contribution in [1.82, 2.24) is 14.7 Å². The Morgan fingerprint density at radius 2 is 1.74 bits per heavy atom. The summed E-state index contributed by atoms with van der Waals surface area (Å²) in [4.78, 5) is 12.9. The van der Waals surface area contributed by atoms with Crippen LogP contribution >= 0.6 is 0 Å². The molecule has 0 saturated carbocycles. The third-order valence-corrected chi connectivity index (χ3v) is 7.45. The summed E-state index contributed by atoms with van der Waals surface area (Å²) >= 11 is 0. The van der Waals surface area contributed by atoms with E-state index in [1.54, 1.807) is 12.1 Å². The maximum Gasteiger partial charge on any atom is 0.265 e. The Balaban J connectivity index is 1.87. The molecule has 8 heteroatoms. The summed E-state index contributed by atoms with van der Waals surface area (Å²) in [5, 5.41) is 1.98. The fraction of sp³-hybridized carbons (Fsp3) is 0.632. The molecule has 27 heavy (non-hydrogen) atoms. The lowest BCUT2D eigenvalue weighted by atomic mass is 10.00. The number of hydrogen-bond acceptors (Lipinski definition) is 5. The smallest absolute Gasteiger partial charge is 0.265 e. The molecule has 0 aliphatic carbocycles. The maximum atomic E-state index is 13.0. The molecule has 1 N–H and O–H groups in total. The number of benzene rings is 1. The van der Waals surface area contributed by atoms with Gasteiger partial charge in [0.05, 0.1) is 7.11 Å². The van der Waals surface area contributed by atoms with Crippen molar-refractivity contribution in [3.05, 3.63) is 23.8 Å². The van der Waals surface area contributed by atoms with Gasteiger partial charge in [-0.2, -0.15) is 4.31 Å². The molecule has 1 aromatic carbocycles. The summed E-state index contributed by atoms with van der Waals surface area (Å²) in [6, 6.07) is 5.10. The van der Waals surface area contributed by atoms with Crippen LogP contribution in [0, 0.1) is 0 Å². The molecule has 2 aliphatic rings. The van der Waals surface area contributed by atoms with Crippen LogP contribution in [-0.4, -0.2) is 55.9 Å². The number of ether oxygens (including phenoxy) is 1. The summed E-state index contributed by atoms with van der Waals surface area (Å²) < 4.78 is 32.7. The number of hydrazine groups is 1. The van der Waals surface area contributed by atoms with Crippen LogP contribution in [0.1, 0.15) is 56.3 Å². The minimum atomic E-state index is -3.68. The Morgan fingerprint density at radius 1 is 1.11 bits per heavy atom. The standard InChI is InChI=1S/C19H29N3O4S/c1-14-7-6-8-15(2)22(14)20-19(23)16-9-10-17(26-3)18(13-16)27(24,25)21-11-4-5-12-21/h9-10,13-15H,4-8,11-12H2,1-3H3,(H,20,23)/t14-,15-/m1/s1. The molecule has 0 spiro atoms. The minimum absolute atomic E-state index is 0.0549. The number of piperidine rings is 1. The first kappa shape index (κ1) is 20.1. The number of nitrogens with zero attached hydrogens (tertiary/aromatic N) is 2. The van der Waals surface area contributed by atoms with Crippen molar-refractivity contribution in [2.45, 2.75) is 62.9 Å². The van der Waals surface area contributed by atoms with E-state index in [4.69, 9.17) is 4.74 Å². The number of nitrogens with one attached hydrogen (secondary N) is 1. The van der Waals surface area contributed by atoms with Gasteiger partial charge in [0.25, 0.3) is 5.91 Å². The number of hydrogen-bond donors (Lipinski definition) is 1. The van der Waals surface area contributed by atoms with Crippen LogP contribution in [0.2, 0.25) is 0 Å². The lowest BCUT2D eigenvalue weighted by molar-refractivity contribution is 0.0369. The monoisotopic (exact) mass is 395 g/mol. The first-order chi connectivity index (χ1) is 12.8. The van der Waals surface area contributed by atoms with Crippen molar-refractivity contribution < 1.29 is 17.9 Å². The molecule has 2 atom stereocenters. The molecule has 3 rings (SSSR count). The van der Waals surface area contributed by atoms with Crippen LogP contribution in [0.3, 0.4) is 0 Å². The van der Waals surface area contributed by atoms with Gasteiger partial charge in [0.15, 0.2) is 0 Å². The number of methoxy groups -OCH3 is 1. The van der Waals surface area contributed by atoms with Crippen molar-refractivity contribution in [1.29, 1.82) is 0 Å². The van der Waals surface area contributed by atoms with Gasteiger partial charge in [-0.25, -0.2) is 13.4 Å². The first-order valence-corrected chi connectivity index (χ1v) is 11.1. The van der Waals surface area contributed by atoms with Gasteiger partial charge in [-0.05, 0) is 57.7 Å². The second kappa shape index (κ2) is 8.16. The second-order valence-corrected chi connectivity index (χ2v) is 9.36. The molecule has 2 saturated heterocycles. The summed E-state index contributed by atoms with van der Waals surface area (Å²) in [5.74, 6) is -0.0331. The molecule has 150 valence electrons. The highest BCUT2D eigenvalue weighted by molar-refractivity contribution is 7.89. The van der Waals surface area contributed by atoms with Gasteiger partial charge >= 0.3 is 0 Å². The van der Waals surface area contributed by atoms with E-state index in [1.807, 2.05) is 5.01 Å². The SMILES string of the molecule is COc1ccc(C(=O)NN2[C@H](C)CCC[C@H]2C)cc1S(=O)(=O)N1CCCC1. The van der Waals surface area contributed by atoms with Crippen molar-refractivity contribution >= 4 is 15.9 Å². The van der Waals surface area contributed by atoms with Crippen molar-refractivity contribution in [2.24, 2.45) is 0 Å². The Kier molecular flexibility index (Phi) is 6.08. The third-order valence-electron chi connectivity index (χ3n) is 5.53. The van der Waals surface area contributed by atoms with E-state index >= 15 is 0 Å². The van der Waals surface area contributed by atoms with Gasteiger partial charge in [-0.3, -0.25) is 10.2 Å². The molecule has 1 amide bonds. The molecule has 0 radical (unpaired) electrons. The highest BCUT2D eigenvalue weighted by Crippen LogP contribution is 2.30. The lowest BCUT2D eigenvalue weighted by Crippen LogP contribution is -2.54. The van der Waals surface area contributed by atoms with E-state index in [2.05, 4.69) is 19.3 Å². The number of amides is 1. The summed E-state index contributed by atoms with van der Waals surface area (Å²) in [5.41, 5.74) is 3.28. The normalized spacial score (nSPS) is 24.7. The molecule has 2 heterocycles.